The van der Waals surface area contributed by atoms with Crippen molar-refractivity contribution in [2.75, 3.05) is 40.5 Å². The van der Waals surface area contributed by atoms with Gasteiger partial charge in [-0.2, -0.15) is 0 Å². The summed E-state index contributed by atoms with van der Waals surface area (Å²) >= 11 is 0. The molecule has 0 atom stereocenters. The Morgan fingerprint density at radius 3 is 2.39 bits per heavy atom. The van der Waals surface area contributed by atoms with Gasteiger partial charge in [0.25, 0.3) is 0 Å². The number of amides is 2. The Balaban J connectivity index is 2.25. The normalized spacial score (nSPS) is 20.8. The van der Waals surface area contributed by atoms with E-state index in [2.05, 4.69) is 5.32 Å². The van der Waals surface area contributed by atoms with E-state index in [0.29, 0.717) is 38.9 Å². The molecule has 0 unspecified atom stereocenters. The zero-order valence-electron chi connectivity index (χ0n) is 13.7. The summed E-state index contributed by atoms with van der Waals surface area (Å²) in [6.07, 6.45) is 2.72. The molecule has 1 aliphatic carbocycles. The predicted octanol–water partition coefficient (Wildman–Crippen LogP) is -0.133. The highest BCUT2D eigenvalue weighted by molar-refractivity contribution is 5.83. The second-order valence-corrected chi connectivity index (χ2v) is 5.75. The molecule has 1 fully saturated rings. The average molecular weight is 330 g/mol. The molecule has 2 N–H and O–H groups in total. The number of ether oxygens (including phenoxy) is 2. The van der Waals surface area contributed by atoms with E-state index < -0.39 is 5.97 Å². The Bertz CT molecular complexity index is 407. The van der Waals surface area contributed by atoms with Gasteiger partial charge in [-0.25, -0.2) is 0 Å². The number of carboxylic acids is 1. The van der Waals surface area contributed by atoms with E-state index in [1.165, 1.54) is 11.9 Å². The summed E-state index contributed by atoms with van der Waals surface area (Å²) < 4.78 is 9.97. The third-order valence-corrected chi connectivity index (χ3v) is 3.86. The van der Waals surface area contributed by atoms with Gasteiger partial charge in [0.15, 0.2) is 0 Å². The highest BCUT2D eigenvalue weighted by atomic mass is 16.5. The molecule has 1 saturated carbocycles. The maximum Gasteiger partial charge on any atom is 0.323 e. The van der Waals surface area contributed by atoms with Crippen molar-refractivity contribution in [3.05, 3.63) is 0 Å². The molecule has 0 bridgehead atoms. The van der Waals surface area contributed by atoms with Gasteiger partial charge in [-0.15, -0.1) is 0 Å². The van der Waals surface area contributed by atoms with Gasteiger partial charge in [-0.1, -0.05) is 0 Å². The van der Waals surface area contributed by atoms with E-state index in [0.717, 1.165) is 0 Å². The molecule has 1 aliphatic rings. The third kappa shape index (κ3) is 7.43. The minimum Gasteiger partial charge on any atom is -0.480 e. The molecule has 2 amide bonds. The summed E-state index contributed by atoms with van der Waals surface area (Å²) in [7, 11) is 3.07. The molecular weight excluding hydrogens is 304 g/mol. The maximum atomic E-state index is 12.1. The summed E-state index contributed by atoms with van der Waals surface area (Å²) in [4.78, 5) is 35.7. The van der Waals surface area contributed by atoms with Crippen LogP contribution in [0.4, 0.5) is 0 Å². The number of carbonyl (C=O) groups is 3. The molecule has 132 valence electrons. The summed E-state index contributed by atoms with van der Waals surface area (Å²) in [6.45, 7) is 0.545. The lowest BCUT2D eigenvalue weighted by molar-refractivity contribution is -0.145. The van der Waals surface area contributed by atoms with E-state index in [9.17, 15) is 14.4 Å². The van der Waals surface area contributed by atoms with E-state index in [1.807, 2.05) is 0 Å². The van der Waals surface area contributed by atoms with Gasteiger partial charge in [-0.3, -0.25) is 14.4 Å². The number of likely N-dealkylation sites (N-methyl/N-ethyl adjacent to an activating group) is 1. The largest absolute Gasteiger partial charge is 0.480 e. The van der Waals surface area contributed by atoms with Gasteiger partial charge < -0.3 is 24.8 Å². The summed E-state index contributed by atoms with van der Waals surface area (Å²) in [5.74, 6) is -1.49. The van der Waals surface area contributed by atoms with Crippen LogP contribution in [0.5, 0.6) is 0 Å². The molecule has 0 aromatic carbocycles. The molecular formula is C15H26N2O6. The number of hydrogen-bond donors (Lipinski definition) is 2. The summed E-state index contributed by atoms with van der Waals surface area (Å²) in [5, 5.41) is 11.6. The average Bonchev–Trinajstić information content (AvgIpc) is 2.51. The zero-order valence-corrected chi connectivity index (χ0v) is 13.7. The lowest BCUT2D eigenvalue weighted by Gasteiger charge is -2.30. The number of rotatable bonds is 9. The fourth-order valence-electron chi connectivity index (χ4n) is 2.65. The first-order chi connectivity index (χ1) is 10.9. The van der Waals surface area contributed by atoms with E-state index in [1.54, 1.807) is 7.11 Å². The molecule has 0 spiro atoms. The highest BCUT2D eigenvalue weighted by Crippen LogP contribution is 2.25. The van der Waals surface area contributed by atoms with Gasteiger partial charge >= 0.3 is 5.97 Å². The predicted molar refractivity (Wildman–Crippen MR) is 81.9 cm³/mol. The highest BCUT2D eigenvalue weighted by Gasteiger charge is 2.29. The number of carbonyl (C=O) groups excluding carboxylic acids is 2. The lowest BCUT2D eigenvalue weighted by Crippen LogP contribution is -2.43. The second kappa shape index (κ2) is 10.2. The standard InChI is InChI=1S/C15H26N2O6/c1-17(9-14(19)20)15(21)11-3-5-12(6-4-11)16-13(18)10-23-8-7-22-2/h11-12H,3-10H2,1-2H3,(H,16,18)(H,19,20). The number of hydrogen-bond acceptors (Lipinski definition) is 5. The van der Waals surface area contributed by atoms with Crippen LogP contribution >= 0.6 is 0 Å². The van der Waals surface area contributed by atoms with Gasteiger partial charge in [0, 0.05) is 26.1 Å². The Kier molecular flexibility index (Phi) is 8.57. The third-order valence-electron chi connectivity index (χ3n) is 3.86. The van der Waals surface area contributed by atoms with Crippen molar-refractivity contribution in [1.82, 2.24) is 10.2 Å². The number of carboxylic acid groups (broad SMARTS) is 1. The van der Waals surface area contributed by atoms with Crippen LogP contribution < -0.4 is 5.32 Å². The van der Waals surface area contributed by atoms with Crippen LogP contribution in [0.25, 0.3) is 0 Å². The lowest BCUT2D eigenvalue weighted by atomic mass is 9.85. The minimum absolute atomic E-state index is 0.00354. The Morgan fingerprint density at radius 2 is 1.83 bits per heavy atom. The summed E-state index contributed by atoms with van der Waals surface area (Å²) in [5.41, 5.74) is 0. The van der Waals surface area contributed by atoms with Crippen LogP contribution in [0.2, 0.25) is 0 Å². The molecule has 0 aromatic heterocycles. The van der Waals surface area contributed by atoms with Crippen molar-refractivity contribution in [1.29, 1.82) is 0 Å². The fraction of sp³-hybridized carbons (Fsp3) is 0.800. The van der Waals surface area contributed by atoms with Gasteiger partial charge in [0.05, 0.1) is 13.2 Å². The molecule has 8 nitrogen and oxygen atoms in total. The molecule has 0 radical (unpaired) electrons. The van der Waals surface area contributed by atoms with E-state index in [4.69, 9.17) is 14.6 Å². The monoisotopic (exact) mass is 330 g/mol. The van der Waals surface area contributed by atoms with Crippen molar-refractivity contribution in [2.24, 2.45) is 5.92 Å². The molecule has 23 heavy (non-hydrogen) atoms. The van der Waals surface area contributed by atoms with Crippen LogP contribution in [0.15, 0.2) is 0 Å². The van der Waals surface area contributed by atoms with Crippen molar-refractivity contribution in [3.8, 4) is 0 Å². The molecule has 8 heteroatoms. The molecule has 0 heterocycles. The molecule has 0 aliphatic heterocycles. The van der Waals surface area contributed by atoms with Gasteiger partial charge in [0.1, 0.15) is 13.2 Å². The second-order valence-electron chi connectivity index (χ2n) is 5.75. The van der Waals surface area contributed by atoms with Crippen LogP contribution in [-0.4, -0.2) is 74.4 Å². The molecule has 0 saturated heterocycles. The number of nitrogens with one attached hydrogen (secondary N) is 1. The Morgan fingerprint density at radius 1 is 1.17 bits per heavy atom. The maximum absolute atomic E-state index is 12.1. The van der Waals surface area contributed by atoms with Crippen LogP contribution in [0.1, 0.15) is 25.7 Å². The van der Waals surface area contributed by atoms with E-state index >= 15 is 0 Å². The van der Waals surface area contributed by atoms with Gasteiger partial charge in [-0.05, 0) is 25.7 Å². The smallest absolute Gasteiger partial charge is 0.323 e. The first-order valence-corrected chi connectivity index (χ1v) is 7.76. The van der Waals surface area contributed by atoms with Crippen LogP contribution in [-0.2, 0) is 23.9 Å². The van der Waals surface area contributed by atoms with Crippen molar-refractivity contribution < 1.29 is 29.0 Å². The van der Waals surface area contributed by atoms with Gasteiger partial charge in [0.2, 0.25) is 11.8 Å². The van der Waals surface area contributed by atoms with Crippen LogP contribution in [0.3, 0.4) is 0 Å². The SMILES string of the molecule is COCCOCC(=O)NC1CCC(C(=O)N(C)CC(=O)O)CC1. The fourth-order valence-corrected chi connectivity index (χ4v) is 2.65. The number of aliphatic carboxylic acids is 1. The number of methoxy groups -OCH3 is 1. The Labute approximate surface area is 136 Å². The number of nitrogens with zero attached hydrogens (tertiary/aromatic N) is 1. The Hall–Kier alpha value is -1.67. The van der Waals surface area contributed by atoms with E-state index in [-0.39, 0.29) is 36.9 Å². The quantitative estimate of drug-likeness (QED) is 0.571. The molecule has 1 rings (SSSR count). The molecule has 0 aromatic rings. The van der Waals surface area contributed by atoms with Crippen molar-refractivity contribution >= 4 is 17.8 Å². The van der Waals surface area contributed by atoms with Crippen molar-refractivity contribution in [2.45, 2.75) is 31.7 Å². The zero-order chi connectivity index (χ0) is 17.2. The summed E-state index contributed by atoms with van der Waals surface area (Å²) in [6, 6.07) is 0.0438. The first-order valence-electron chi connectivity index (χ1n) is 7.76. The first kappa shape index (κ1) is 19.4. The van der Waals surface area contributed by atoms with Crippen LogP contribution in [0, 0.1) is 5.92 Å². The topological polar surface area (TPSA) is 105 Å². The van der Waals surface area contributed by atoms with Crippen molar-refractivity contribution in [3.63, 3.8) is 0 Å². The minimum atomic E-state index is -1.02.